The first-order chi connectivity index (χ1) is 7.68. The highest BCUT2D eigenvalue weighted by Crippen LogP contribution is 2.33. The van der Waals surface area contributed by atoms with Crippen molar-refractivity contribution in [3.63, 3.8) is 0 Å². The molecule has 84 valence electrons. The molecule has 0 atom stereocenters. The molecule has 5 heteroatoms. The van der Waals surface area contributed by atoms with Crippen LogP contribution in [0.2, 0.25) is 0 Å². The summed E-state index contributed by atoms with van der Waals surface area (Å²) in [6, 6.07) is 0. The normalized spacial score (nSPS) is 15.3. The van der Waals surface area contributed by atoms with E-state index in [0.717, 1.165) is 29.7 Å². The Morgan fingerprint density at radius 2 is 2.00 bits per heavy atom. The van der Waals surface area contributed by atoms with Gasteiger partial charge in [0, 0.05) is 11.9 Å². The van der Waals surface area contributed by atoms with Gasteiger partial charge in [-0.2, -0.15) is 0 Å². The first kappa shape index (κ1) is 9.84. The van der Waals surface area contributed by atoms with Gasteiger partial charge in [-0.05, 0) is 31.2 Å². The second-order valence-corrected chi connectivity index (χ2v) is 5.19. The van der Waals surface area contributed by atoms with Crippen LogP contribution in [0.1, 0.15) is 23.3 Å². The van der Waals surface area contributed by atoms with Crippen molar-refractivity contribution < 1.29 is 4.42 Å². The second kappa shape index (κ2) is 3.31. The SMILES string of the molecule is Cn1c(=O)oc(=O)c2c3c(sc21)CCCC3. The number of aromatic nitrogens is 1. The maximum absolute atomic E-state index is 11.7. The van der Waals surface area contributed by atoms with Crippen LogP contribution in [-0.4, -0.2) is 4.57 Å². The van der Waals surface area contributed by atoms with Crippen molar-refractivity contribution in [3.05, 3.63) is 31.4 Å². The van der Waals surface area contributed by atoms with Gasteiger partial charge in [-0.1, -0.05) is 0 Å². The highest BCUT2D eigenvalue weighted by molar-refractivity contribution is 7.18. The number of hydrogen-bond donors (Lipinski definition) is 0. The molecule has 0 fully saturated rings. The Kier molecular flexibility index (Phi) is 2.04. The van der Waals surface area contributed by atoms with E-state index >= 15 is 0 Å². The average molecular weight is 237 g/mol. The van der Waals surface area contributed by atoms with Crippen molar-refractivity contribution in [3.8, 4) is 0 Å². The smallest absolute Gasteiger partial charge is 0.372 e. The molecule has 2 aromatic heterocycles. The summed E-state index contributed by atoms with van der Waals surface area (Å²) in [7, 11) is 1.65. The zero-order valence-corrected chi connectivity index (χ0v) is 9.73. The van der Waals surface area contributed by atoms with Crippen LogP contribution in [0, 0.1) is 0 Å². The predicted octanol–water partition coefficient (Wildman–Crippen LogP) is 1.43. The van der Waals surface area contributed by atoms with Crippen LogP contribution in [0.25, 0.3) is 10.2 Å². The van der Waals surface area contributed by atoms with Gasteiger partial charge in [-0.3, -0.25) is 4.57 Å². The van der Waals surface area contributed by atoms with Crippen molar-refractivity contribution >= 4 is 21.6 Å². The molecule has 1 aliphatic rings. The molecular weight excluding hydrogens is 226 g/mol. The third-order valence-electron chi connectivity index (χ3n) is 3.12. The molecule has 2 aromatic rings. The first-order valence-electron chi connectivity index (χ1n) is 5.33. The summed E-state index contributed by atoms with van der Waals surface area (Å²) >= 11 is 1.56. The predicted molar refractivity (Wildman–Crippen MR) is 62.2 cm³/mol. The maximum Gasteiger partial charge on any atom is 0.422 e. The molecule has 4 nitrogen and oxygen atoms in total. The molecule has 0 bridgehead atoms. The standard InChI is InChI=1S/C11H11NO3S/c1-12-9-8(10(13)15-11(12)14)6-4-2-3-5-7(6)16-9/h2-5H2,1H3. The summed E-state index contributed by atoms with van der Waals surface area (Å²) in [4.78, 5) is 25.1. The van der Waals surface area contributed by atoms with E-state index in [1.54, 1.807) is 18.4 Å². The van der Waals surface area contributed by atoms with Crippen LogP contribution in [-0.2, 0) is 19.9 Å². The number of rotatable bonds is 0. The molecule has 0 saturated carbocycles. The second-order valence-electron chi connectivity index (χ2n) is 4.11. The van der Waals surface area contributed by atoms with Crippen LogP contribution in [0.4, 0.5) is 0 Å². The minimum absolute atomic E-state index is 0.475. The van der Waals surface area contributed by atoms with Gasteiger partial charge < -0.3 is 4.42 Å². The van der Waals surface area contributed by atoms with E-state index in [0.29, 0.717) is 5.39 Å². The molecule has 0 aliphatic heterocycles. The number of nitrogens with zero attached hydrogens (tertiary/aromatic N) is 1. The minimum atomic E-state index is -0.573. The van der Waals surface area contributed by atoms with Gasteiger partial charge in [0.15, 0.2) is 0 Å². The molecule has 0 amide bonds. The lowest BCUT2D eigenvalue weighted by Crippen LogP contribution is -2.21. The third kappa shape index (κ3) is 1.21. The van der Waals surface area contributed by atoms with Gasteiger partial charge in [0.1, 0.15) is 4.83 Å². The van der Waals surface area contributed by atoms with E-state index in [2.05, 4.69) is 0 Å². The van der Waals surface area contributed by atoms with E-state index in [9.17, 15) is 9.59 Å². The molecule has 2 heterocycles. The molecule has 0 aromatic carbocycles. The van der Waals surface area contributed by atoms with Crippen LogP contribution < -0.4 is 11.4 Å². The first-order valence-corrected chi connectivity index (χ1v) is 6.14. The van der Waals surface area contributed by atoms with E-state index < -0.39 is 11.4 Å². The summed E-state index contributed by atoms with van der Waals surface area (Å²) in [6.07, 6.45) is 4.22. The Morgan fingerprint density at radius 1 is 1.25 bits per heavy atom. The molecule has 3 rings (SSSR count). The van der Waals surface area contributed by atoms with Crippen molar-refractivity contribution in [2.75, 3.05) is 0 Å². The van der Waals surface area contributed by atoms with E-state index in [1.165, 1.54) is 15.9 Å². The molecule has 0 radical (unpaired) electrons. The lowest BCUT2D eigenvalue weighted by atomic mass is 9.97. The Bertz CT molecular complexity index is 677. The fourth-order valence-electron chi connectivity index (χ4n) is 2.28. The lowest BCUT2D eigenvalue weighted by Gasteiger charge is -2.09. The fraction of sp³-hybridized carbons (Fsp3) is 0.455. The van der Waals surface area contributed by atoms with Crippen molar-refractivity contribution in [2.45, 2.75) is 25.7 Å². The molecule has 0 N–H and O–H groups in total. The summed E-state index contributed by atoms with van der Waals surface area (Å²) in [5, 5.41) is 0.627. The number of aryl methyl sites for hydroxylation is 3. The van der Waals surface area contributed by atoms with Crippen molar-refractivity contribution in [1.29, 1.82) is 0 Å². The zero-order valence-electron chi connectivity index (χ0n) is 8.91. The molecule has 16 heavy (non-hydrogen) atoms. The van der Waals surface area contributed by atoms with Crippen LogP contribution >= 0.6 is 11.3 Å². The number of fused-ring (bicyclic) bond motifs is 3. The summed E-state index contributed by atoms with van der Waals surface area (Å²) in [6.45, 7) is 0. The number of hydrogen-bond acceptors (Lipinski definition) is 4. The highest BCUT2D eigenvalue weighted by atomic mass is 32.1. The van der Waals surface area contributed by atoms with E-state index in [-0.39, 0.29) is 0 Å². The Labute approximate surface area is 95.1 Å². The van der Waals surface area contributed by atoms with Gasteiger partial charge in [-0.25, -0.2) is 9.59 Å². The fourth-order valence-corrected chi connectivity index (χ4v) is 3.61. The van der Waals surface area contributed by atoms with Gasteiger partial charge in [0.25, 0.3) is 0 Å². The van der Waals surface area contributed by atoms with Crippen molar-refractivity contribution in [2.24, 2.45) is 7.05 Å². The summed E-state index contributed by atoms with van der Waals surface area (Å²) < 4.78 is 6.13. The molecular formula is C11H11NO3S. The van der Waals surface area contributed by atoms with Crippen LogP contribution in [0.3, 0.4) is 0 Å². The van der Waals surface area contributed by atoms with Gasteiger partial charge in [0.2, 0.25) is 0 Å². The maximum atomic E-state index is 11.7. The average Bonchev–Trinajstić information content (AvgIpc) is 2.65. The topological polar surface area (TPSA) is 52.2 Å². The highest BCUT2D eigenvalue weighted by Gasteiger charge is 2.21. The van der Waals surface area contributed by atoms with Crippen LogP contribution in [0.15, 0.2) is 14.0 Å². The summed E-state index contributed by atoms with van der Waals surface area (Å²) in [5.41, 5.74) is 0.633. The Morgan fingerprint density at radius 3 is 2.81 bits per heavy atom. The molecule has 0 unspecified atom stereocenters. The Balaban J connectivity index is 2.52. The van der Waals surface area contributed by atoms with Gasteiger partial charge in [-0.15, -0.1) is 11.3 Å². The van der Waals surface area contributed by atoms with E-state index in [4.69, 9.17) is 4.42 Å². The van der Waals surface area contributed by atoms with Gasteiger partial charge in [0.05, 0.1) is 5.39 Å². The summed E-state index contributed by atoms with van der Waals surface area (Å²) in [5.74, 6) is -0.573. The van der Waals surface area contributed by atoms with Crippen molar-refractivity contribution in [1.82, 2.24) is 4.57 Å². The monoisotopic (exact) mass is 237 g/mol. The van der Waals surface area contributed by atoms with E-state index in [1.807, 2.05) is 0 Å². The lowest BCUT2D eigenvalue weighted by molar-refractivity contribution is 0.433. The minimum Gasteiger partial charge on any atom is -0.372 e. The molecule has 1 aliphatic carbocycles. The largest absolute Gasteiger partial charge is 0.422 e. The molecule has 0 spiro atoms. The number of thiophene rings is 1. The van der Waals surface area contributed by atoms with Gasteiger partial charge >= 0.3 is 11.4 Å². The van der Waals surface area contributed by atoms with Crippen LogP contribution in [0.5, 0.6) is 0 Å². The molecule has 0 saturated heterocycles. The quantitative estimate of drug-likeness (QED) is 0.696. The zero-order chi connectivity index (χ0) is 11.3. The Hall–Kier alpha value is -1.36. The third-order valence-corrected chi connectivity index (χ3v) is 4.48.